The molecule has 2 aliphatic heterocycles. The molecule has 1 aromatic carbocycles. The number of carbonyl (C=O) groups is 2. The third kappa shape index (κ3) is 5.38. The number of nitrogens with one attached hydrogen (secondary N) is 1. The molecule has 2 amide bonds. The number of rotatable bonds is 8. The predicted octanol–water partition coefficient (Wildman–Crippen LogP) is 2.66. The van der Waals surface area contributed by atoms with E-state index in [0.717, 1.165) is 50.8 Å². The van der Waals surface area contributed by atoms with Crippen molar-refractivity contribution in [1.82, 2.24) is 15.1 Å². The number of aliphatic hydroxyl groups is 1. The van der Waals surface area contributed by atoms with Crippen molar-refractivity contribution in [3.63, 3.8) is 0 Å². The molecule has 0 aromatic heterocycles. The largest absolute Gasteiger partial charge is 0.416 e. The summed E-state index contributed by atoms with van der Waals surface area (Å²) in [6.45, 7) is 3.49. The maximum absolute atomic E-state index is 12.8. The van der Waals surface area contributed by atoms with E-state index in [4.69, 9.17) is 0 Å². The maximum atomic E-state index is 12.8. The van der Waals surface area contributed by atoms with Crippen LogP contribution in [0.3, 0.4) is 0 Å². The second-order valence-corrected chi connectivity index (χ2v) is 8.25. The first-order chi connectivity index (χ1) is 14.8. The van der Waals surface area contributed by atoms with Gasteiger partial charge in [0.25, 0.3) is 5.91 Å². The molecule has 0 saturated carbocycles. The van der Waals surface area contributed by atoms with Crippen LogP contribution in [0, 0.1) is 0 Å². The molecule has 172 valence electrons. The van der Waals surface area contributed by atoms with E-state index in [-0.39, 0.29) is 36.7 Å². The Hall–Kier alpha value is -2.13. The third-order valence-electron chi connectivity index (χ3n) is 6.35. The van der Waals surface area contributed by atoms with Gasteiger partial charge in [-0.3, -0.25) is 14.5 Å². The van der Waals surface area contributed by atoms with Crippen LogP contribution in [0.25, 0.3) is 0 Å². The molecule has 31 heavy (non-hydrogen) atoms. The van der Waals surface area contributed by atoms with Gasteiger partial charge in [0.2, 0.25) is 5.91 Å². The number of benzene rings is 1. The van der Waals surface area contributed by atoms with E-state index in [0.29, 0.717) is 12.6 Å². The molecule has 2 aliphatic rings. The summed E-state index contributed by atoms with van der Waals surface area (Å²) >= 11 is 0. The number of halogens is 3. The lowest BCUT2D eigenvalue weighted by Gasteiger charge is -2.32. The zero-order valence-electron chi connectivity index (χ0n) is 17.7. The average molecular weight is 441 g/mol. The van der Waals surface area contributed by atoms with Crippen LogP contribution in [-0.2, 0) is 11.0 Å². The third-order valence-corrected chi connectivity index (χ3v) is 6.35. The Morgan fingerprint density at radius 3 is 2.61 bits per heavy atom. The summed E-state index contributed by atoms with van der Waals surface area (Å²) in [6.07, 6.45) is -0.0739. The number of hydrogen-bond donors (Lipinski definition) is 2. The highest BCUT2D eigenvalue weighted by atomic mass is 19.4. The number of hydrogen-bond acceptors (Lipinski definition) is 4. The van der Waals surface area contributed by atoms with Crippen LogP contribution < -0.4 is 5.32 Å². The number of fused-ring (bicyclic) bond motifs is 1. The maximum Gasteiger partial charge on any atom is 0.416 e. The van der Waals surface area contributed by atoms with Gasteiger partial charge in [0.1, 0.15) is 0 Å². The van der Waals surface area contributed by atoms with Gasteiger partial charge in [0, 0.05) is 43.4 Å². The smallest absolute Gasteiger partial charge is 0.396 e. The van der Waals surface area contributed by atoms with Gasteiger partial charge in [0.05, 0.1) is 12.1 Å². The van der Waals surface area contributed by atoms with E-state index >= 15 is 0 Å². The average Bonchev–Trinajstić information content (AvgIpc) is 3.33. The SMILES string of the molecule is CCCC(CCO)N1CCC2C1CCN2C(=O)CNC(=O)c1cccc(C(F)(F)F)c1. The molecule has 0 bridgehead atoms. The number of aliphatic hydroxyl groups excluding tert-OH is 1. The molecule has 0 radical (unpaired) electrons. The molecule has 3 unspecified atom stereocenters. The van der Waals surface area contributed by atoms with Gasteiger partial charge in [-0.25, -0.2) is 0 Å². The van der Waals surface area contributed by atoms with Crippen molar-refractivity contribution in [2.24, 2.45) is 0 Å². The Morgan fingerprint density at radius 2 is 1.94 bits per heavy atom. The molecule has 2 saturated heterocycles. The van der Waals surface area contributed by atoms with E-state index in [1.807, 2.05) is 0 Å². The lowest BCUT2D eigenvalue weighted by Crippen LogP contribution is -2.46. The topological polar surface area (TPSA) is 72.9 Å². The highest BCUT2D eigenvalue weighted by molar-refractivity contribution is 5.96. The van der Waals surface area contributed by atoms with Crippen molar-refractivity contribution in [3.8, 4) is 0 Å². The second-order valence-electron chi connectivity index (χ2n) is 8.25. The van der Waals surface area contributed by atoms with Crippen LogP contribution in [0.5, 0.6) is 0 Å². The zero-order chi connectivity index (χ0) is 22.6. The minimum absolute atomic E-state index is 0.0796. The van der Waals surface area contributed by atoms with E-state index in [9.17, 15) is 27.9 Å². The Morgan fingerprint density at radius 1 is 1.19 bits per heavy atom. The lowest BCUT2D eigenvalue weighted by atomic mass is 10.0. The summed E-state index contributed by atoms with van der Waals surface area (Å²) in [6, 6.07) is 4.81. The molecule has 9 heteroatoms. The summed E-state index contributed by atoms with van der Waals surface area (Å²) < 4.78 is 38.5. The molecule has 2 fully saturated rings. The van der Waals surface area contributed by atoms with Gasteiger partial charge in [-0.2, -0.15) is 13.2 Å². The van der Waals surface area contributed by atoms with Crippen LogP contribution in [0.15, 0.2) is 24.3 Å². The Bertz CT molecular complexity index is 781. The predicted molar refractivity (Wildman–Crippen MR) is 109 cm³/mol. The molecular weight excluding hydrogens is 411 g/mol. The van der Waals surface area contributed by atoms with Crippen molar-refractivity contribution in [3.05, 3.63) is 35.4 Å². The summed E-state index contributed by atoms with van der Waals surface area (Å²) in [5.41, 5.74) is -1.02. The summed E-state index contributed by atoms with van der Waals surface area (Å²) in [5.74, 6) is -0.918. The highest BCUT2D eigenvalue weighted by Gasteiger charge is 2.45. The first kappa shape index (κ1) is 23.5. The van der Waals surface area contributed by atoms with Crippen molar-refractivity contribution < 1.29 is 27.9 Å². The van der Waals surface area contributed by atoms with Crippen LogP contribution in [0.4, 0.5) is 13.2 Å². The Kier molecular flexibility index (Phi) is 7.59. The minimum Gasteiger partial charge on any atom is -0.396 e. The van der Waals surface area contributed by atoms with Gasteiger partial charge in [-0.15, -0.1) is 0 Å². The number of amides is 2. The monoisotopic (exact) mass is 441 g/mol. The van der Waals surface area contributed by atoms with E-state index in [2.05, 4.69) is 17.1 Å². The quantitative estimate of drug-likeness (QED) is 0.651. The molecule has 3 rings (SSSR count). The molecule has 6 nitrogen and oxygen atoms in total. The van der Waals surface area contributed by atoms with Gasteiger partial charge >= 0.3 is 6.18 Å². The summed E-state index contributed by atoms with van der Waals surface area (Å²) in [5, 5.41) is 11.9. The van der Waals surface area contributed by atoms with Gasteiger partial charge in [0.15, 0.2) is 0 Å². The lowest BCUT2D eigenvalue weighted by molar-refractivity contribution is -0.137. The number of nitrogens with zero attached hydrogens (tertiary/aromatic N) is 2. The van der Waals surface area contributed by atoms with E-state index < -0.39 is 17.6 Å². The molecule has 0 aliphatic carbocycles. The van der Waals surface area contributed by atoms with E-state index in [1.54, 1.807) is 4.90 Å². The molecule has 0 spiro atoms. The number of carbonyl (C=O) groups excluding carboxylic acids is 2. The summed E-state index contributed by atoms with van der Waals surface area (Å²) in [7, 11) is 0. The zero-order valence-corrected chi connectivity index (χ0v) is 17.7. The standard InChI is InChI=1S/C22H30F3N3O3/c1-2-4-17(9-12-29)27-10-7-19-18(27)8-11-28(19)20(30)14-26-21(31)15-5-3-6-16(13-15)22(23,24)25/h3,5-6,13,17-19,29H,2,4,7-12,14H2,1H3,(H,26,31). The van der Waals surface area contributed by atoms with Crippen LogP contribution >= 0.6 is 0 Å². The van der Waals surface area contributed by atoms with Crippen molar-refractivity contribution in [2.45, 2.75) is 63.3 Å². The fraction of sp³-hybridized carbons (Fsp3) is 0.636. The normalized spacial score (nSPS) is 22.4. The first-order valence-electron chi connectivity index (χ1n) is 10.9. The Balaban J connectivity index is 1.57. The first-order valence-corrected chi connectivity index (χ1v) is 10.9. The molecule has 2 N–H and O–H groups in total. The van der Waals surface area contributed by atoms with Crippen molar-refractivity contribution in [1.29, 1.82) is 0 Å². The van der Waals surface area contributed by atoms with Crippen molar-refractivity contribution in [2.75, 3.05) is 26.2 Å². The van der Waals surface area contributed by atoms with Gasteiger partial charge in [-0.05, 0) is 43.9 Å². The summed E-state index contributed by atoms with van der Waals surface area (Å²) in [4.78, 5) is 29.2. The van der Waals surface area contributed by atoms with E-state index in [1.165, 1.54) is 12.1 Å². The van der Waals surface area contributed by atoms with Crippen LogP contribution in [0.1, 0.15) is 54.9 Å². The fourth-order valence-corrected chi connectivity index (χ4v) is 4.94. The number of alkyl halides is 3. The fourth-order valence-electron chi connectivity index (χ4n) is 4.94. The van der Waals surface area contributed by atoms with Crippen LogP contribution in [0.2, 0.25) is 0 Å². The van der Waals surface area contributed by atoms with Gasteiger partial charge in [-0.1, -0.05) is 19.4 Å². The highest BCUT2D eigenvalue weighted by Crippen LogP contribution is 2.34. The molecule has 1 aromatic rings. The van der Waals surface area contributed by atoms with Crippen LogP contribution in [-0.4, -0.2) is 71.1 Å². The number of likely N-dealkylation sites (tertiary alicyclic amines) is 2. The van der Waals surface area contributed by atoms with Gasteiger partial charge < -0.3 is 15.3 Å². The molecule has 3 atom stereocenters. The molecular formula is C22H30F3N3O3. The minimum atomic E-state index is -4.53. The van der Waals surface area contributed by atoms with Crippen molar-refractivity contribution >= 4 is 11.8 Å². The Labute approximate surface area is 180 Å². The second kappa shape index (κ2) is 9.99. The molecule has 2 heterocycles.